The Morgan fingerprint density at radius 3 is 3.00 bits per heavy atom. The summed E-state index contributed by atoms with van der Waals surface area (Å²) >= 11 is 0. The van der Waals surface area contributed by atoms with Crippen molar-refractivity contribution in [1.82, 2.24) is 5.32 Å². The Morgan fingerprint density at radius 1 is 1.56 bits per heavy atom. The zero-order valence-electron chi connectivity index (χ0n) is 9.86. The predicted molar refractivity (Wildman–Crippen MR) is 63.2 cm³/mol. The van der Waals surface area contributed by atoms with E-state index in [4.69, 9.17) is 4.42 Å². The summed E-state index contributed by atoms with van der Waals surface area (Å²) in [6.07, 6.45) is 5.97. The van der Waals surface area contributed by atoms with Crippen LogP contribution in [0, 0.1) is 5.92 Å². The lowest BCUT2D eigenvalue weighted by atomic mass is 10.1. The maximum absolute atomic E-state index is 9.71. The molecule has 3 heteroatoms. The molecule has 0 bridgehead atoms. The summed E-state index contributed by atoms with van der Waals surface area (Å²) in [4.78, 5) is 0. The summed E-state index contributed by atoms with van der Waals surface area (Å²) in [7, 11) is 0. The Balaban J connectivity index is 1.58. The van der Waals surface area contributed by atoms with Gasteiger partial charge in [-0.2, -0.15) is 0 Å². The summed E-state index contributed by atoms with van der Waals surface area (Å²) in [5, 5.41) is 13.1. The van der Waals surface area contributed by atoms with Crippen molar-refractivity contribution in [3.05, 3.63) is 24.2 Å². The fraction of sp³-hybridized carbons (Fsp3) is 0.692. The van der Waals surface area contributed by atoms with Crippen molar-refractivity contribution < 1.29 is 9.52 Å². The minimum atomic E-state index is -0.147. The summed E-state index contributed by atoms with van der Waals surface area (Å²) in [6.45, 7) is 2.88. The summed E-state index contributed by atoms with van der Waals surface area (Å²) in [5.41, 5.74) is 0. The lowest BCUT2D eigenvalue weighted by Gasteiger charge is -2.16. The van der Waals surface area contributed by atoms with E-state index >= 15 is 0 Å². The van der Waals surface area contributed by atoms with Crippen LogP contribution in [0.15, 0.2) is 22.8 Å². The first-order valence-electron chi connectivity index (χ1n) is 6.19. The molecule has 0 spiro atoms. The SMILES string of the molecule is CC(CCc1ccco1)NCC(O)C1CC1. The van der Waals surface area contributed by atoms with Gasteiger partial charge in [-0.15, -0.1) is 0 Å². The van der Waals surface area contributed by atoms with Gasteiger partial charge in [0.1, 0.15) is 5.76 Å². The first kappa shape index (κ1) is 11.7. The number of aliphatic hydroxyl groups is 1. The Morgan fingerprint density at radius 2 is 2.38 bits per heavy atom. The van der Waals surface area contributed by atoms with Crippen LogP contribution in [0.3, 0.4) is 0 Å². The molecular formula is C13H21NO2. The monoisotopic (exact) mass is 223 g/mol. The first-order valence-corrected chi connectivity index (χ1v) is 6.19. The van der Waals surface area contributed by atoms with Crippen LogP contribution in [0.5, 0.6) is 0 Å². The van der Waals surface area contributed by atoms with Crippen molar-refractivity contribution >= 4 is 0 Å². The van der Waals surface area contributed by atoms with Gasteiger partial charge in [0, 0.05) is 19.0 Å². The number of nitrogens with one attached hydrogen (secondary N) is 1. The Hall–Kier alpha value is -0.800. The normalized spacial score (nSPS) is 19.6. The molecule has 0 aliphatic heterocycles. The third kappa shape index (κ3) is 3.65. The number of aliphatic hydroxyl groups excluding tert-OH is 1. The molecule has 16 heavy (non-hydrogen) atoms. The lowest BCUT2D eigenvalue weighted by Crippen LogP contribution is -2.34. The van der Waals surface area contributed by atoms with Crippen LogP contribution >= 0.6 is 0 Å². The lowest BCUT2D eigenvalue weighted by molar-refractivity contribution is 0.145. The number of rotatable bonds is 7. The van der Waals surface area contributed by atoms with E-state index in [0.717, 1.165) is 25.1 Å². The van der Waals surface area contributed by atoms with Crippen LogP contribution < -0.4 is 5.32 Å². The second kappa shape index (κ2) is 5.51. The van der Waals surface area contributed by atoms with Gasteiger partial charge in [0.2, 0.25) is 0 Å². The molecule has 1 aromatic rings. The fourth-order valence-electron chi connectivity index (χ4n) is 1.89. The molecule has 2 atom stereocenters. The minimum Gasteiger partial charge on any atom is -0.469 e. The predicted octanol–water partition coefficient (Wildman–Crippen LogP) is 1.96. The van der Waals surface area contributed by atoms with Gasteiger partial charge < -0.3 is 14.8 Å². The van der Waals surface area contributed by atoms with Crippen molar-refractivity contribution in [3.8, 4) is 0 Å². The number of hydrogen-bond acceptors (Lipinski definition) is 3. The van der Waals surface area contributed by atoms with Gasteiger partial charge in [-0.05, 0) is 44.2 Å². The molecule has 0 radical (unpaired) electrons. The molecule has 1 aromatic heterocycles. The summed E-state index contributed by atoms with van der Waals surface area (Å²) in [6, 6.07) is 4.36. The van der Waals surface area contributed by atoms with Gasteiger partial charge in [0.05, 0.1) is 12.4 Å². The van der Waals surface area contributed by atoms with Gasteiger partial charge in [-0.1, -0.05) is 0 Å². The maximum atomic E-state index is 9.71. The van der Waals surface area contributed by atoms with Crippen molar-refractivity contribution in [3.63, 3.8) is 0 Å². The maximum Gasteiger partial charge on any atom is 0.103 e. The zero-order chi connectivity index (χ0) is 11.4. The van der Waals surface area contributed by atoms with Crippen LogP contribution in [-0.2, 0) is 6.42 Å². The van der Waals surface area contributed by atoms with Crippen LogP contribution in [-0.4, -0.2) is 23.8 Å². The van der Waals surface area contributed by atoms with Gasteiger partial charge in [0.25, 0.3) is 0 Å². The second-order valence-electron chi connectivity index (χ2n) is 4.83. The van der Waals surface area contributed by atoms with Crippen LogP contribution in [0.2, 0.25) is 0 Å². The standard InChI is InChI=1S/C13H21NO2/c1-10(4-7-12-3-2-8-16-12)14-9-13(15)11-5-6-11/h2-3,8,10-11,13-15H,4-7,9H2,1H3. The van der Waals surface area contributed by atoms with E-state index in [9.17, 15) is 5.11 Å². The van der Waals surface area contributed by atoms with E-state index in [1.165, 1.54) is 12.8 Å². The van der Waals surface area contributed by atoms with Crippen LogP contribution in [0.25, 0.3) is 0 Å². The first-order chi connectivity index (χ1) is 7.75. The average Bonchev–Trinajstić information content (AvgIpc) is 3.01. The smallest absolute Gasteiger partial charge is 0.103 e. The highest BCUT2D eigenvalue weighted by Crippen LogP contribution is 2.32. The van der Waals surface area contributed by atoms with Crippen LogP contribution in [0.4, 0.5) is 0 Å². The molecule has 0 saturated heterocycles. The molecule has 2 unspecified atom stereocenters. The minimum absolute atomic E-state index is 0.147. The van der Waals surface area contributed by atoms with Gasteiger partial charge >= 0.3 is 0 Å². The van der Waals surface area contributed by atoms with Crippen molar-refractivity contribution in [2.24, 2.45) is 5.92 Å². The van der Waals surface area contributed by atoms with Crippen molar-refractivity contribution in [1.29, 1.82) is 0 Å². The topological polar surface area (TPSA) is 45.4 Å². The largest absolute Gasteiger partial charge is 0.469 e. The molecule has 1 fully saturated rings. The average molecular weight is 223 g/mol. The van der Waals surface area contributed by atoms with E-state index in [2.05, 4.69) is 12.2 Å². The molecule has 2 rings (SSSR count). The van der Waals surface area contributed by atoms with Gasteiger partial charge in [0.15, 0.2) is 0 Å². The molecule has 1 aliphatic rings. The quantitative estimate of drug-likeness (QED) is 0.742. The second-order valence-corrected chi connectivity index (χ2v) is 4.83. The number of aryl methyl sites for hydroxylation is 1. The zero-order valence-corrected chi connectivity index (χ0v) is 9.86. The Kier molecular flexibility index (Phi) is 4.02. The molecule has 1 saturated carbocycles. The highest BCUT2D eigenvalue weighted by Gasteiger charge is 2.29. The third-order valence-electron chi connectivity index (χ3n) is 3.25. The van der Waals surface area contributed by atoms with E-state index in [1.807, 2.05) is 12.1 Å². The highest BCUT2D eigenvalue weighted by atomic mass is 16.3. The van der Waals surface area contributed by atoms with Crippen molar-refractivity contribution in [2.75, 3.05) is 6.54 Å². The van der Waals surface area contributed by atoms with Gasteiger partial charge in [-0.25, -0.2) is 0 Å². The third-order valence-corrected chi connectivity index (χ3v) is 3.25. The number of furan rings is 1. The molecule has 0 aromatic carbocycles. The van der Waals surface area contributed by atoms with E-state index in [1.54, 1.807) is 6.26 Å². The Labute approximate surface area is 96.8 Å². The molecule has 90 valence electrons. The molecule has 0 amide bonds. The molecular weight excluding hydrogens is 202 g/mol. The number of hydrogen-bond donors (Lipinski definition) is 2. The van der Waals surface area contributed by atoms with E-state index < -0.39 is 0 Å². The van der Waals surface area contributed by atoms with Crippen LogP contribution in [0.1, 0.15) is 31.9 Å². The highest BCUT2D eigenvalue weighted by molar-refractivity contribution is 4.98. The molecule has 1 heterocycles. The molecule has 3 nitrogen and oxygen atoms in total. The van der Waals surface area contributed by atoms with E-state index in [0.29, 0.717) is 12.0 Å². The van der Waals surface area contributed by atoms with E-state index in [-0.39, 0.29) is 6.10 Å². The molecule has 2 N–H and O–H groups in total. The summed E-state index contributed by atoms with van der Waals surface area (Å²) < 4.78 is 5.28. The fourth-order valence-corrected chi connectivity index (χ4v) is 1.89. The Bertz CT molecular complexity index is 293. The summed E-state index contributed by atoms with van der Waals surface area (Å²) in [5.74, 6) is 1.60. The van der Waals surface area contributed by atoms with Crippen molar-refractivity contribution in [2.45, 2.75) is 44.8 Å². The molecule has 1 aliphatic carbocycles. The van der Waals surface area contributed by atoms with Gasteiger partial charge in [-0.3, -0.25) is 0 Å².